The fourth-order valence-corrected chi connectivity index (χ4v) is 1.05. The summed E-state index contributed by atoms with van der Waals surface area (Å²) in [5, 5.41) is 0. The van der Waals surface area contributed by atoms with Crippen molar-refractivity contribution in [1.82, 2.24) is 0 Å². The third kappa shape index (κ3) is 1.77. The molecule has 0 heterocycles. The lowest BCUT2D eigenvalue weighted by Crippen LogP contribution is -2.25. The van der Waals surface area contributed by atoms with Gasteiger partial charge in [-0.2, -0.15) is 0 Å². The van der Waals surface area contributed by atoms with Crippen molar-refractivity contribution in [3.8, 4) is 0 Å². The van der Waals surface area contributed by atoms with E-state index in [9.17, 15) is 9.18 Å². The average Bonchev–Trinajstić information content (AvgIpc) is 1.78. The van der Waals surface area contributed by atoms with Crippen molar-refractivity contribution in [2.45, 2.75) is 38.3 Å². The highest BCUT2D eigenvalue weighted by Gasteiger charge is 2.28. The fraction of sp³-hybridized carbons (Fsp3) is 0.857. The molecule has 0 radical (unpaired) electrons. The van der Waals surface area contributed by atoms with Gasteiger partial charge in [-0.1, -0.05) is 0 Å². The monoisotopic (exact) mass is 130 g/mol. The standard InChI is InChI=1S/C7H11FO/c1-7(8)4-2-6(9)3-5-7/h2-5H2,1H3. The van der Waals surface area contributed by atoms with Gasteiger partial charge in [0.1, 0.15) is 11.5 Å². The molecule has 0 unspecified atom stereocenters. The molecule has 0 N–H and O–H groups in total. The van der Waals surface area contributed by atoms with Crippen LogP contribution in [0.3, 0.4) is 0 Å². The van der Waals surface area contributed by atoms with Crippen LogP contribution < -0.4 is 0 Å². The molecular weight excluding hydrogens is 119 g/mol. The molecular formula is C7H11FO. The average molecular weight is 130 g/mol. The van der Waals surface area contributed by atoms with Crippen LogP contribution in [0.25, 0.3) is 0 Å². The number of hydrogen-bond acceptors (Lipinski definition) is 1. The summed E-state index contributed by atoms with van der Waals surface area (Å²) < 4.78 is 12.9. The molecule has 1 aliphatic carbocycles. The Kier molecular flexibility index (Phi) is 1.56. The van der Waals surface area contributed by atoms with Crippen LogP contribution in [-0.4, -0.2) is 11.5 Å². The lowest BCUT2D eigenvalue weighted by atomic mass is 9.87. The molecule has 1 saturated carbocycles. The first-order valence-electron chi connectivity index (χ1n) is 3.31. The largest absolute Gasteiger partial charge is 0.300 e. The summed E-state index contributed by atoms with van der Waals surface area (Å²) >= 11 is 0. The van der Waals surface area contributed by atoms with Crippen molar-refractivity contribution < 1.29 is 9.18 Å². The fourth-order valence-electron chi connectivity index (χ4n) is 1.05. The van der Waals surface area contributed by atoms with Crippen molar-refractivity contribution in [2.75, 3.05) is 0 Å². The van der Waals surface area contributed by atoms with Crippen LogP contribution in [0.5, 0.6) is 0 Å². The number of hydrogen-bond donors (Lipinski definition) is 0. The van der Waals surface area contributed by atoms with Gasteiger partial charge in [0.25, 0.3) is 0 Å². The van der Waals surface area contributed by atoms with E-state index in [1.165, 1.54) is 0 Å². The number of ketones is 1. The summed E-state index contributed by atoms with van der Waals surface area (Å²) in [7, 11) is 0. The van der Waals surface area contributed by atoms with E-state index in [4.69, 9.17) is 0 Å². The summed E-state index contributed by atoms with van der Waals surface area (Å²) in [5.74, 6) is 0.213. The van der Waals surface area contributed by atoms with E-state index in [2.05, 4.69) is 0 Å². The summed E-state index contributed by atoms with van der Waals surface area (Å²) in [6.07, 6.45) is 1.72. The SMILES string of the molecule is CC1(F)CCC(=O)CC1. The minimum absolute atomic E-state index is 0.213. The normalized spacial score (nSPS) is 26.2. The van der Waals surface area contributed by atoms with Crippen molar-refractivity contribution in [2.24, 2.45) is 0 Å². The molecule has 0 saturated heterocycles. The van der Waals surface area contributed by atoms with Crippen LogP contribution in [0.1, 0.15) is 32.6 Å². The van der Waals surface area contributed by atoms with Crippen molar-refractivity contribution >= 4 is 5.78 Å². The molecule has 1 fully saturated rings. The Hall–Kier alpha value is -0.400. The molecule has 0 spiro atoms. The zero-order valence-corrected chi connectivity index (χ0v) is 5.61. The van der Waals surface area contributed by atoms with Crippen LogP contribution in [-0.2, 0) is 4.79 Å². The van der Waals surface area contributed by atoms with Crippen LogP contribution in [0.4, 0.5) is 4.39 Å². The Labute approximate surface area is 54.3 Å². The van der Waals surface area contributed by atoms with Gasteiger partial charge in [-0.05, 0) is 19.8 Å². The highest BCUT2D eigenvalue weighted by molar-refractivity contribution is 5.79. The first-order chi connectivity index (χ1) is 4.10. The predicted molar refractivity (Wildman–Crippen MR) is 33.0 cm³/mol. The third-order valence-electron chi connectivity index (χ3n) is 1.85. The van der Waals surface area contributed by atoms with Gasteiger partial charge < -0.3 is 0 Å². The van der Waals surface area contributed by atoms with Crippen LogP contribution in [0, 0.1) is 0 Å². The second kappa shape index (κ2) is 2.09. The quantitative estimate of drug-likeness (QED) is 0.489. The van der Waals surface area contributed by atoms with Gasteiger partial charge in [0.15, 0.2) is 0 Å². The number of halogens is 1. The number of alkyl halides is 1. The molecule has 1 nitrogen and oxygen atoms in total. The molecule has 1 rings (SSSR count). The lowest BCUT2D eigenvalue weighted by Gasteiger charge is -2.23. The summed E-state index contributed by atoms with van der Waals surface area (Å²) in [5.41, 5.74) is -1.06. The molecule has 9 heavy (non-hydrogen) atoms. The van der Waals surface area contributed by atoms with Crippen LogP contribution >= 0.6 is 0 Å². The second-order valence-corrected chi connectivity index (χ2v) is 2.95. The zero-order valence-electron chi connectivity index (χ0n) is 5.61. The Morgan fingerprint density at radius 2 is 1.89 bits per heavy atom. The number of carbonyl (C=O) groups excluding carboxylic acids is 1. The van der Waals surface area contributed by atoms with Gasteiger partial charge in [0.2, 0.25) is 0 Å². The number of rotatable bonds is 0. The van der Waals surface area contributed by atoms with Gasteiger partial charge in [-0.25, -0.2) is 4.39 Å². The van der Waals surface area contributed by atoms with Crippen molar-refractivity contribution in [1.29, 1.82) is 0 Å². The minimum Gasteiger partial charge on any atom is -0.300 e. The maximum absolute atomic E-state index is 12.9. The Balaban J connectivity index is 2.44. The molecule has 1 aliphatic rings. The van der Waals surface area contributed by atoms with Gasteiger partial charge >= 0.3 is 0 Å². The van der Waals surface area contributed by atoms with Crippen molar-refractivity contribution in [3.05, 3.63) is 0 Å². The molecule has 0 aromatic heterocycles. The lowest BCUT2D eigenvalue weighted by molar-refractivity contribution is -0.122. The Morgan fingerprint density at radius 3 is 2.22 bits per heavy atom. The van der Waals surface area contributed by atoms with E-state index >= 15 is 0 Å². The second-order valence-electron chi connectivity index (χ2n) is 2.95. The highest BCUT2D eigenvalue weighted by Crippen LogP contribution is 2.28. The van der Waals surface area contributed by atoms with Gasteiger partial charge in [-0.3, -0.25) is 4.79 Å². The third-order valence-corrected chi connectivity index (χ3v) is 1.85. The molecule has 0 amide bonds. The van der Waals surface area contributed by atoms with E-state index in [1.807, 2.05) is 0 Å². The predicted octanol–water partition coefficient (Wildman–Crippen LogP) is 1.86. The molecule has 0 aromatic rings. The summed E-state index contributed by atoms with van der Waals surface area (Å²) in [6, 6.07) is 0. The minimum atomic E-state index is -1.06. The highest BCUT2D eigenvalue weighted by atomic mass is 19.1. The first-order valence-corrected chi connectivity index (χ1v) is 3.31. The van der Waals surface area contributed by atoms with Gasteiger partial charge in [-0.15, -0.1) is 0 Å². The molecule has 0 atom stereocenters. The van der Waals surface area contributed by atoms with E-state index < -0.39 is 5.67 Å². The first kappa shape index (κ1) is 6.72. The van der Waals surface area contributed by atoms with E-state index in [0.717, 1.165) is 0 Å². The maximum Gasteiger partial charge on any atom is 0.133 e. The molecule has 52 valence electrons. The van der Waals surface area contributed by atoms with Gasteiger partial charge in [0.05, 0.1) is 0 Å². The van der Waals surface area contributed by atoms with Crippen LogP contribution in [0.15, 0.2) is 0 Å². The van der Waals surface area contributed by atoms with Crippen molar-refractivity contribution in [3.63, 3.8) is 0 Å². The van der Waals surface area contributed by atoms with Gasteiger partial charge in [0, 0.05) is 12.8 Å². The molecule has 0 aliphatic heterocycles. The van der Waals surface area contributed by atoms with E-state index in [0.29, 0.717) is 25.7 Å². The maximum atomic E-state index is 12.9. The summed E-state index contributed by atoms with van der Waals surface area (Å²) in [4.78, 5) is 10.6. The van der Waals surface area contributed by atoms with E-state index in [1.54, 1.807) is 6.92 Å². The molecule has 0 aromatic carbocycles. The smallest absolute Gasteiger partial charge is 0.133 e. The number of Topliss-reactive ketones (excluding diaryl/α,β-unsaturated/α-hetero) is 1. The Bertz CT molecular complexity index is 117. The topological polar surface area (TPSA) is 17.1 Å². The zero-order chi connectivity index (χ0) is 6.91. The Morgan fingerprint density at radius 1 is 1.44 bits per heavy atom. The number of carbonyl (C=O) groups is 1. The summed E-state index contributed by atoms with van der Waals surface area (Å²) in [6.45, 7) is 1.57. The molecule has 0 bridgehead atoms. The molecule has 2 heteroatoms. The van der Waals surface area contributed by atoms with E-state index in [-0.39, 0.29) is 5.78 Å². The van der Waals surface area contributed by atoms with Crippen LogP contribution in [0.2, 0.25) is 0 Å².